The lowest BCUT2D eigenvalue weighted by Gasteiger charge is -2.09. The molecular weight excluding hydrogens is 247 g/mol. The van der Waals surface area contributed by atoms with Gasteiger partial charge >= 0.3 is 6.18 Å². The van der Waals surface area contributed by atoms with Crippen molar-refractivity contribution >= 4 is 11.9 Å². The van der Waals surface area contributed by atoms with Crippen molar-refractivity contribution in [1.29, 1.82) is 0 Å². The molecule has 1 aromatic heterocycles. The van der Waals surface area contributed by atoms with Gasteiger partial charge in [-0.1, -0.05) is 12.2 Å². The summed E-state index contributed by atoms with van der Waals surface area (Å²) in [4.78, 5) is 15.1. The monoisotopic (exact) mass is 259 g/mol. The van der Waals surface area contributed by atoms with Crippen molar-refractivity contribution in [3.8, 4) is 0 Å². The van der Waals surface area contributed by atoms with Gasteiger partial charge < -0.3 is 4.57 Å². The van der Waals surface area contributed by atoms with Gasteiger partial charge in [-0.15, -0.1) is 0 Å². The smallest absolute Gasteiger partial charge is 0.320 e. The Labute approximate surface area is 102 Å². The Morgan fingerprint density at radius 2 is 2.06 bits per heavy atom. The molecule has 98 valence electrons. The molecule has 0 aromatic carbocycles. The summed E-state index contributed by atoms with van der Waals surface area (Å²) in [6.07, 6.45) is 1.33. The molecule has 1 aliphatic rings. The zero-order valence-corrected chi connectivity index (χ0v) is 9.66. The molecule has 1 heterocycles. The highest BCUT2D eigenvalue weighted by Crippen LogP contribution is 2.29. The van der Waals surface area contributed by atoms with E-state index in [-0.39, 0.29) is 17.8 Å². The molecule has 1 N–H and O–H groups in total. The molecule has 0 bridgehead atoms. The Morgan fingerprint density at radius 1 is 1.44 bits per heavy atom. The van der Waals surface area contributed by atoms with Crippen LogP contribution in [0.1, 0.15) is 18.5 Å². The molecule has 0 fully saturated rings. The fourth-order valence-electron chi connectivity index (χ4n) is 1.76. The molecule has 0 saturated carbocycles. The molecular formula is C11H12F3N3O. The van der Waals surface area contributed by atoms with E-state index in [2.05, 4.69) is 10.3 Å². The van der Waals surface area contributed by atoms with Crippen LogP contribution in [0.5, 0.6) is 0 Å². The van der Waals surface area contributed by atoms with Crippen molar-refractivity contribution in [2.24, 2.45) is 13.0 Å². The van der Waals surface area contributed by atoms with E-state index < -0.39 is 11.9 Å². The number of hydrogen-bond donors (Lipinski definition) is 1. The van der Waals surface area contributed by atoms with E-state index in [1.54, 1.807) is 0 Å². The molecule has 1 amide bonds. The third kappa shape index (κ3) is 2.55. The third-order valence-corrected chi connectivity index (χ3v) is 2.78. The summed E-state index contributed by atoms with van der Waals surface area (Å²) in [5.74, 6) is -0.599. The average molecular weight is 259 g/mol. The number of carbonyl (C=O) groups excluding carboxylic acids is 1. The maximum atomic E-state index is 12.4. The summed E-state index contributed by atoms with van der Waals surface area (Å²) < 4.78 is 38.4. The summed E-state index contributed by atoms with van der Waals surface area (Å²) >= 11 is 0. The Kier molecular flexibility index (Phi) is 3.14. The highest BCUT2D eigenvalue weighted by molar-refractivity contribution is 5.91. The molecule has 18 heavy (non-hydrogen) atoms. The first-order chi connectivity index (χ1) is 8.38. The van der Waals surface area contributed by atoms with E-state index in [9.17, 15) is 18.0 Å². The van der Waals surface area contributed by atoms with Crippen LogP contribution in [0.2, 0.25) is 0 Å². The zero-order chi connectivity index (χ0) is 13.3. The van der Waals surface area contributed by atoms with Crippen molar-refractivity contribution in [2.45, 2.75) is 19.0 Å². The van der Waals surface area contributed by atoms with Gasteiger partial charge in [-0.25, -0.2) is 4.98 Å². The minimum absolute atomic E-state index is 0.0841. The minimum atomic E-state index is -4.50. The Hall–Kier alpha value is -1.79. The average Bonchev–Trinajstić information content (AvgIpc) is 2.87. The van der Waals surface area contributed by atoms with Crippen LogP contribution < -0.4 is 5.32 Å². The second kappa shape index (κ2) is 4.47. The number of nitrogens with zero attached hydrogens (tertiary/aromatic N) is 2. The molecule has 0 radical (unpaired) electrons. The lowest BCUT2D eigenvalue weighted by Crippen LogP contribution is -2.22. The molecule has 1 aliphatic carbocycles. The van der Waals surface area contributed by atoms with Gasteiger partial charge in [0.15, 0.2) is 5.69 Å². The summed E-state index contributed by atoms with van der Waals surface area (Å²) in [5, 5.41) is 2.42. The van der Waals surface area contributed by atoms with E-state index >= 15 is 0 Å². The van der Waals surface area contributed by atoms with Crippen molar-refractivity contribution in [3.63, 3.8) is 0 Å². The Balaban J connectivity index is 2.09. The fourth-order valence-corrected chi connectivity index (χ4v) is 1.76. The van der Waals surface area contributed by atoms with Crippen LogP contribution >= 0.6 is 0 Å². The van der Waals surface area contributed by atoms with Crippen LogP contribution in [-0.4, -0.2) is 15.5 Å². The maximum absolute atomic E-state index is 12.4. The lowest BCUT2D eigenvalue weighted by atomic mass is 10.1. The number of anilines is 1. The summed E-state index contributed by atoms with van der Waals surface area (Å²) in [5.41, 5.74) is -1.01. The van der Waals surface area contributed by atoms with Crippen molar-refractivity contribution in [1.82, 2.24) is 9.55 Å². The third-order valence-electron chi connectivity index (χ3n) is 2.78. The van der Waals surface area contributed by atoms with Gasteiger partial charge in [-0.05, 0) is 12.8 Å². The van der Waals surface area contributed by atoms with Crippen molar-refractivity contribution < 1.29 is 18.0 Å². The Bertz CT molecular complexity index is 482. The largest absolute Gasteiger partial charge is 0.434 e. The van der Waals surface area contributed by atoms with E-state index in [4.69, 9.17) is 0 Å². The van der Waals surface area contributed by atoms with E-state index in [1.807, 2.05) is 12.2 Å². The molecule has 1 aromatic rings. The van der Waals surface area contributed by atoms with Crippen LogP contribution in [0.4, 0.5) is 19.1 Å². The van der Waals surface area contributed by atoms with Gasteiger partial charge in [-0.2, -0.15) is 13.2 Å². The normalized spacial score (nSPS) is 16.2. The van der Waals surface area contributed by atoms with Gasteiger partial charge in [-0.3, -0.25) is 10.1 Å². The summed E-state index contributed by atoms with van der Waals surface area (Å²) in [7, 11) is 1.41. The van der Waals surface area contributed by atoms with Gasteiger partial charge in [0, 0.05) is 19.2 Å². The standard InChI is InChI=1S/C11H12F3N3O/c1-17-6-8(11(12,13)14)15-10(17)16-9(18)7-4-2-3-5-7/h2-3,6-7H,4-5H2,1H3,(H,15,16,18). The minimum Gasteiger partial charge on any atom is -0.320 e. The van der Waals surface area contributed by atoms with Gasteiger partial charge in [0.25, 0.3) is 0 Å². The number of hydrogen-bond acceptors (Lipinski definition) is 2. The van der Waals surface area contributed by atoms with E-state index in [0.29, 0.717) is 12.8 Å². The number of aromatic nitrogens is 2. The molecule has 0 unspecified atom stereocenters. The number of allylic oxidation sites excluding steroid dienone is 2. The van der Waals surface area contributed by atoms with Gasteiger partial charge in [0.1, 0.15) is 0 Å². The number of halogens is 3. The van der Waals surface area contributed by atoms with Crippen LogP contribution in [0, 0.1) is 5.92 Å². The summed E-state index contributed by atoms with van der Waals surface area (Å²) in [6.45, 7) is 0. The number of alkyl halides is 3. The number of amides is 1. The topological polar surface area (TPSA) is 46.9 Å². The Morgan fingerprint density at radius 3 is 2.56 bits per heavy atom. The van der Waals surface area contributed by atoms with Gasteiger partial charge in [0.2, 0.25) is 11.9 Å². The van der Waals surface area contributed by atoms with Crippen molar-refractivity contribution in [3.05, 3.63) is 24.0 Å². The second-order valence-corrected chi connectivity index (χ2v) is 4.19. The number of aryl methyl sites for hydroxylation is 1. The first kappa shape index (κ1) is 12.7. The lowest BCUT2D eigenvalue weighted by molar-refractivity contribution is -0.141. The van der Waals surface area contributed by atoms with Crippen molar-refractivity contribution in [2.75, 3.05) is 5.32 Å². The molecule has 0 atom stereocenters. The van der Waals surface area contributed by atoms with E-state index in [0.717, 1.165) is 10.8 Å². The molecule has 4 nitrogen and oxygen atoms in total. The predicted octanol–water partition coefficient (Wildman–Crippen LogP) is 2.34. The predicted molar refractivity (Wildman–Crippen MR) is 58.7 cm³/mol. The number of imidazole rings is 1. The fraction of sp³-hybridized carbons (Fsp3) is 0.455. The first-order valence-corrected chi connectivity index (χ1v) is 5.44. The second-order valence-electron chi connectivity index (χ2n) is 4.19. The highest BCUT2D eigenvalue weighted by atomic mass is 19.4. The number of nitrogens with one attached hydrogen (secondary N) is 1. The summed E-state index contributed by atoms with van der Waals surface area (Å²) in [6, 6.07) is 0. The number of carbonyl (C=O) groups is 1. The zero-order valence-electron chi connectivity index (χ0n) is 9.66. The molecule has 0 saturated heterocycles. The number of rotatable bonds is 2. The quantitative estimate of drug-likeness (QED) is 0.829. The van der Waals surface area contributed by atoms with Gasteiger partial charge in [0.05, 0.1) is 0 Å². The highest BCUT2D eigenvalue weighted by Gasteiger charge is 2.34. The molecule has 0 aliphatic heterocycles. The van der Waals surface area contributed by atoms with E-state index in [1.165, 1.54) is 7.05 Å². The SMILES string of the molecule is Cn1cc(C(F)(F)F)nc1NC(=O)C1CC=CC1. The first-order valence-electron chi connectivity index (χ1n) is 5.44. The van der Waals surface area contributed by atoms with Crippen LogP contribution in [0.25, 0.3) is 0 Å². The molecule has 7 heteroatoms. The van der Waals surface area contributed by atoms with Crippen LogP contribution in [-0.2, 0) is 18.0 Å². The molecule has 2 rings (SSSR count). The van der Waals surface area contributed by atoms with Crippen LogP contribution in [0.15, 0.2) is 18.3 Å². The molecule has 0 spiro atoms. The van der Waals surface area contributed by atoms with Crippen LogP contribution in [0.3, 0.4) is 0 Å². The maximum Gasteiger partial charge on any atom is 0.434 e.